The molecule has 0 aliphatic rings. The second kappa shape index (κ2) is 13.6. The SMILES string of the molecule is N#CCCSCCOCCSCCC#N. The summed E-state index contributed by atoms with van der Waals surface area (Å²) in [6.45, 7) is 1.52. The fourth-order valence-electron chi connectivity index (χ4n) is 0.778. The van der Waals surface area contributed by atoms with Crippen molar-refractivity contribution >= 4 is 23.5 Å². The second-order valence-electron chi connectivity index (χ2n) is 2.65. The van der Waals surface area contributed by atoms with Crippen LogP contribution in [0, 0.1) is 22.7 Å². The minimum atomic E-state index is 0.620. The van der Waals surface area contributed by atoms with Crippen LogP contribution in [0.25, 0.3) is 0 Å². The molecule has 0 aromatic rings. The first-order valence-electron chi connectivity index (χ1n) is 4.89. The maximum absolute atomic E-state index is 8.29. The molecule has 0 spiro atoms. The van der Waals surface area contributed by atoms with Gasteiger partial charge in [0, 0.05) is 35.9 Å². The van der Waals surface area contributed by atoms with E-state index in [1.807, 2.05) is 0 Å². The highest BCUT2D eigenvalue weighted by molar-refractivity contribution is 7.99. The van der Waals surface area contributed by atoms with E-state index in [1.54, 1.807) is 23.5 Å². The van der Waals surface area contributed by atoms with Gasteiger partial charge in [0.2, 0.25) is 0 Å². The molecule has 0 radical (unpaired) electrons. The molecule has 0 fully saturated rings. The highest BCUT2D eigenvalue weighted by Crippen LogP contribution is 2.03. The summed E-state index contributed by atoms with van der Waals surface area (Å²) in [5.74, 6) is 3.72. The zero-order valence-electron chi connectivity index (χ0n) is 8.78. The van der Waals surface area contributed by atoms with Gasteiger partial charge in [0.1, 0.15) is 0 Å². The van der Waals surface area contributed by atoms with Crippen molar-refractivity contribution in [3.8, 4) is 12.1 Å². The Bertz CT molecular complexity index is 188. The van der Waals surface area contributed by atoms with E-state index < -0.39 is 0 Å². The first-order valence-corrected chi connectivity index (χ1v) is 7.20. The zero-order chi connectivity index (χ0) is 11.2. The van der Waals surface area contributed by atoms with Gasteiger partial charge >= 0.3 is 0 Å². The van der Waals surface area contributed by atoms with E-state index in [4.69, 9.17) is 15.3 Å². The van der Waals surface area contributed by atoms with Crippen LogP contribution < -0.4 is 0 Å². The van der Waals surface area contributed by atoms with Gasteiger partial charge in [-0.25, -0.2) is 0 Å². The van der Waals surface area contributed by atoms with Crippen LogP contribution in [-0.2, 0) is 4.74 Å². The van der Waals surface area contributed by atoms with Gasteiger partial charge in [0.05, 0.1) is 25.4 Å². The molecule has 0 amide bonds. The van der Waals surface area contributed by atoms with Crippen molar-refractivity contribution in [1.29, 1.82) is 10.5 Å². The monoisotopic (exact) mass is 244 g/mol. The van der Waals surface area contributed by atoms with Gasteiger partial charge in [-0.3, -0.25) is 0 Å². The summed E-state index contributed by atoms with van der Waals surface area (Å²) < 4.78 is 5.39. The van der Waals surface area contributed by atoms with E-state index in [-0.39, 0.29) is 0 Å². The maximum atomic E-state index is 8.29. The Morgan fingerprint density at radius 3 is 1.67 bits per heavy atom. The van der Waals surface area contributed by atoms with Crippen LogP contribution >= 0.6 is 23.5 Å². The van der Waals surface area contributed by atoms with Crippen LogP contribution in [0.3, 0.4) is 0 Å². The summed E-state index contributed by atoms with van der Waals surface area (Å²) in [6, 6.07) is 4.21. The number of nitriles is 2. The number of hydrogen-bond donors (Lipinski definition) is 0. The Hall–Kier alpha value is -0.360. The Morgan fingerprint density at radius 1 is 0.800 bits per heavy atom. The van der Waals surface area contributed by atoms with E-state index in [9.17, 15) is 0 Å². The molecule has 84 valence electrons. The number of ether oxygens (including phenoxy) is 1. The Morgan fingerprint density at radius 2 is 1.27 bits per heavy atom. The van der Waals surface area contributed by atoms with Crippen LogP contribution in [0.15, 0.2) is 0 Å². The molecule has 0 saturated carbocycles. The molecule has 0 aromatic heterocycles. The molecule has 5 heteroatoms. The molecule has 0 bridgehead atoms. The molecule has 0 N–H and O–H groups in total. The minimum Gasteiger partial charge on any atom is -0.380 e. The Balaban J connectivity index is 2.88. The summed E-state index contributed by atoms with van der Waals surface area (Å²) in [5.41, 5.74) is 0. The predicted molar refractivity (Wildman–Crippen MR) is 65.9 cm³/mol. The van der Waals surface area contributed by atoms with Crippen molar-refractivity contribution in [3.63, 3.8) is 0 Å². The smallest absolute Gasteiger partial charge is 0.0630 e. The number of nitrogens with zero attached hydrogens (tertiary/aromatic N) is 2. The van der Waals surface area contributed by atoms with Gasteiger partial charge < -0.3 is 4.74 Å². The molecule has 3 nitrogen and oxygen atoms in total. The van der Waals surface area contributed by atoms with Gasteiger partial charge in [-0.2, -0.15) is 34.0 Å². The quantitative estimate of drug-likeness (QED) is 0.552. The standard InChI is InChI=1S/C10H16N2OS2/c11-3-1-7-14-9-5-13-6-10-15-8-2-4-12/h1-2,5-10H2. The van der Waals surface area contributed by atoms with E-state index in [1.165, 1.54) is 0 Å². The molecular formula is C10H16N2OS2. The molecule has 0 rings (SSSR count). The van der Waals surface area contributed by atoms with E-state index in [0.29, 0.717) is 12.8 Å². The molecule has 15 heavy (non-hydrogen) atoms. The lowest BCUT2D eigenvalue weighted by Gasteiger charge is -2.02. The lowest BCUT2D eigenvalue weighted by Crippen LogP contribution is -2.02. The van der Waals surface area contributed by atoms with Gasteiger partial charge in [0.15, 0.2) is 0 Å². The van der Waals surface area contributed by atoms with E-state index in [2.05, 4.69) is 12.1 Å². The van der Waals surface area contributed by atoms with Crippen LogP contribution in [0.4, 0.5) is 0 Å². The average Bonchev–Trinajstić information content (AvgIpc) is 2.26. The highest BCUT2D eigenvalue weighted by Gasteiger charge is 1.91. The third-order valence-electron chi connectivity index (χ3n) is 1.46. The topological polar surface area (TPSA) is 56.8 Å². The van der Waals surface area contributed by atoms with Crippen LogP contribution in [0.5, 0.6) is 0 Å². The number of rotatable bonds is 10. The summed E-state index contributed by atoms with van der Waals surface area (Å²) in [4.78, 5) is 0. The Labute approximate surface area is 100 Å². The van der Waals surface area contributed by atoms with Crippen molar-refractivity contribution in [1.82, 2.24) is 0 Å². The van der Waals surface area contributed by atoms with Gasteiger partial charge in [-0.15, -0.1) is 0 Å². The first kappa shape index (κ1) is 14.6. The zero-order valence-corrected chi connectivity index (χ0v) is 10.4. The largest absolute Gasteiger partial charge is 0.380 e. The molecule has 0 aromatic carbocycles. The summed E-state index contributed by atoms with van der Waals surface area (Å²) in [6.07, 6.45) is 1.24. The molecule has 0 saturated heterocycles. The molecule has 0 heterocycles. The van der Waals surface area contributed by atoms with E-state index in [0.717, 1.165) is 36.2 Å². The summed E-state index contributed by atoms with van der Waals surface area (Å²) in [7, 11) is 0. The lowest BCUT2D eigenvalue weighted by molar-refractivity contribution is 0.167. The van der Waals surface area contributed by atoms with Crippen molar-refractivity contribution < 1.29 is 4.74 Å². The van der Waals surface area contributed by atoms with Gasteiger partial charge in [-0.05, 0) is 0 Å². The van der Waals surface area contributed by atoms with Crippen molar-refractivity contribution in [2.24, 2.45) is 0 Å². The molecule has 0 aliphatic heterocycles. The molecule has 0 unspecified atom stereocenters. The normalized spacial score (nSPS) is 9.47. The van der Waals surface area contributed by atoms with Crippen molar-refractivity contribution in [2.75, 3.05) is 36.2 Å². The third-order valence-corrected chi connectivity index (χ3v) is 3.36. The highest BCUT2D eigenvalue weighted by atomic mass is 32.2. The van der Waals surface area contributed by atoms with Crippen LogP contribution in [-0.4, -0.2) is 36.2 Å². The minimum absolute atomic E-state index is 0.620. The van der Waals surface area contributed by atoms with E-state index >= 15 is 0 Å². The van der Waals surface area contributed by atoms with Crippen molar-refractivity contribution in [2.45, 2.75) is 12.8 Å². The number of hydrogen-bond acceptors (Lipinski definition) is 5. The molecule has 0 atom stereocenters. The predicted octanol–water partition coefficient (Wildman–Crippen LogP) is 2.30. The summed E-state index contributed by atoms with van der Waals surface area (Å²) in [5, 5.41) is 16.6. The average molecular weight is 244 g/mol. The first-order chi connectivity index (χ1) is 7.41. The number of thioether (sulfide) groups is 2. The van der Waals surface area contributed by atoms with Crippen LogP contribution in [0.2, 0.25) is 0 Å². The fourth-order valence-corrected chi connectivity index (χ4v) is 2.13. The van der Waals surface area contributed by atoms with Gasteiger partial charge in [0.25, 0.3) is 0 Å². The lowest BCUT2D eigenvalue weighted by atomic mass is 10.6. The molecular weight excluding hydrogens is 228 g/mol. The molecule has 0 aliphatic carbocycles. The fraction of sp³-hybridized carbons (Fsp3) is 0.800. The van der Waals surface area contributed by atoms with Crippen molar-refractivity contribution in [3.05, 3.63) is 0 Å². The second-order valence-corrected chi connectivity index (χ2v) is 5.10. The third kappa shape index (κ3) is 13.6. The summed E-state index contributed by atoms with van der Waals surface area (Å²) >= 11 is 3.50. The Kier molecular flexibility index (Phi) is 13.3. The van der Waals surface area contributed by atoms with Crippen LogP contribution in [0.1, 0.15) is 12.8 Å². The van der Waals surface area contributed by atoms with Gasteiger partial charge in [-0.1, -0.05) is 0 Å². The maximum Gasteiger partial charge on any atom is 0.0630 e.